The van der Waals surface area contributed by atoms with E-state index in [4.69, 9.17) is 23.2 Å². The van der Waals surface area contributed by atoms with Crippen molar-refractivity contribution >= 4 is 23.2 Å². The van der Waals surface area contributed by atoms with E-state index in [9.17, 15) is 4.79 Å². The number of hydrogen-bond acceptors (Lipinski definition) is 3. The molecule has 1 aromatic heterocycles. The Balaban J connectivity index is 2.25. The molecule has 0 aliphatic carbocycles. The van der Waals surface area contributed by atoms with Gasteiger partial charge in [0.25, 0.3) is 5.56 Å². The lowest BCUT2D eigenvalue weighted by atomic mass is 10.2. The molecule has 0 unspecified atom stereocenters. The highest BCUT2D eigenvalue weighted by Crippen LogP contribution is 2.26. The molecule has 4 nitrogen and oxygen atoms in total. The molecule has 0 radical (unpaired) electrons. The molecule has 1 heterocycles. The summed E-state index contributed by atoms with van der Waals surface area (Å²) in [5, 5.41) is 4.17. The van der Waals surface area contributed by atoms with Gasteiger partial charge in [0.2, 0.25) is 0 Å². The average Bonchev–Trinajstić information content (AvgIpc) is 2.41. The largest absolute Gasteiger partial charge is 0.311 e. The third kappa shape index (κ3) is 4.56. The van der Waals surface area contributed by atoms with Crippen molar-refractivity contribution in [1.82, 2.24) is 15.3 Å². The number of H-pyrrole nitrogens is 1. The Kier molecular flexibility index (Phi) is 5.39. The van der Waals surface area contributed by atoms with E-state index >= 15 is 0 Å². The van der Waals surface area contributed by atoms with Crippen LogP contribution in [0.2, 0.25) is 10.0 Å². The van der Waals surface area contributed by atoms with Crippen LogP contribution in [0.5, 0.6) is 0 Å². The van der Waals surface area contributed by atoms with Crippen LogP contribution in [0.25, 0.3) is 11.4 Å². The fourth-order valence-corrected chi connectivity index (χ4v) is 2.17. The number of hydrogen-bond donors (Lipinski definition) is 2. The van der Waals surface area contributed by atoms with Gasteiger partial charge in [-0.2, -0.15) is 0 Å². The van der Waals surface area contributed by atoms with Gasteiger partial charge in [0.15, 0.2) is 0 Å². The Morgan fingerprint density at radius 3 is 2.67 bits per heavy atom. The lowest BCUT2D eigenvalue weighted by molar-refractivity contribution is 0.548. The maximum Gasteiger partial charge on any atom is 0.251 e. The van der Waals surface area contributed by atoms with Crippen molar-refractivity contribution in [3.63, 3.8) is 0 Å². The molecule has 0 aliphatic rings. The average molecular weight is 326 g/mol. The predicted octanol–water partition coefficient (Wildman–Crippen LogP) is 3.49. The van der Waals surface area contributed by atoms with Crippen molar-refractivity contribution in [1.29, 1.82) is 0 Å². The first kappa shape index (κ1) is 16.0. The second kappa shape index (κ2) is 7.07. The summed E-state index contributed by atoms with van der Waals surface area (Å²) in [5.74, 6) is 1.03. The second-order valence-electron chi connectivity index (χ2n) is 5.24. The van der Waals surface area contributed by atoms with Crippen LogP contribution in [0.4, 0.5) is 0 Å². The quantitative estimate of drug-likeness (QED) is 0.884. The topological polar surface area (TPSA) is 57.8 Å². The highest BCUT2D eigenvalue weighted by Gasteiger charge is 2.07. The van der Waals surface area contributed by atoms with Gasteiger partial charge in [0.1, 0.15) is 5.82 Å². The molecule has 112 valence electrons. The van der Waals surface area contributed by atoms with Crippen molar-refractivity contribution in [3.8, 4) is 11.4 Å². The molecule has 0 fully saturated rings. The Hall–Kier alpha value is -1.36. The number of nitrogens with zero attached hydrogens (tertiary/aromatic N) is 1. The predicted molar refractivity (Wildman–Crippen MR) is 86.9 cm³/mol. The van der Waals surface area contributed by atoms with Crippen LogP contribution in [0.15, 0.2) is 29.1 Å². The van der Waals surface area contributed by atoms with E-state index in [1.54, 1.807) is 18.2 Å². The van der Waals surface area contributed by atoms with E-state index in [1.165, 1.54) is 6.07 Å². The van der Waals surface area contributed by atoms with Gasteiger partial charge in [-0.05, 0) is 30.7 Å². The number of aromatic amines is 1. The van der Waals surface area contributed by atoms with Gasteiger partial charge < -0.3 is 10.3 Å². The highest BCUT2D eigenvalue weighted by atomic mass is 35.5. The van der Waals surface area contributed by atoms with Gasteiger partial charge in [0.05, 0.1) is 15.7 Å². The van der Waals surface area contributed by atoms with Crippen LogP contribution in [0, 0.1) is 5.92 Å². The molecule has 0 aliphatic heterocycles. The SMILES string of the molecule is CC(C)CNCc1cc(=O)[nH]c(-c2ccc(Cl)c(Cl)c2)n1. The van der Waals surface area contributed by atoms with Crippen molar-refractivity contribution in [2.45, 2.75) is 20.4 Å². The minimum atomic E-state index is -0.188. The van der Waals surface area contributed by atoms with Crippen molar-refractivity contribution in [3.05, 3.63) is 50.4 Å². The summed E-state index contributed by atoms with van der Waals surface area (Å²) in [6.07, 6.45) is 0. The molecule has 0 atom stereocenters. The number of rotatable bonds is 5. The van der Waals surface area contributed by atoms with E-state index in [0.29, 0.717) is 34.0 Å². The molecule has 1 aromatic carbocycles. The van der Waals surface area contributed by atoms with Crippen LogP contribution in [-0.4, -0.2) is 16.5 Å². The summed E-state index contributed by atoms with van der Waals surface area (Å²) in [5.41, 5.74) is 1.24. The minimum absolute atomic E-state index is 0.188. The first-order valence-electron chi connectivity index (χ1n) is 6.72. The molecule has 2 rings (SSSR count). The van der Waals surface area contributed by atoms with E-state index in [0.717, 1.165) is 12.1 Å². The molecule has 2 aromatic rings. The van der Waals surface area contributed by atoms with E-state index in [-0.39, 0.29) is 5.56 Å². The molecule has 0 saturated heterocycles. The summed E-state index contributed by atoms with van der Waals surface area (Å²) < 4.78 is 0. The Morgan fingerprint density at radius 2 is 2.00 bits per heavy atom. The summed E-state index contributed by atoms with van der Waals surface area (Å²) in [4.78, 5) is 18.9. The molecule has 0 amide bonds. The monoisotopic (exact) mass is 325 g/mol. The fourth-order valence-electron chi connectivity index (χ4n) is 1.87. The summed E-state index contributed by atoms with van der Waals surface area (Å²) in [7, 11) is 0. The lowest BCUT2D eigenvalue weighted by Gasteiger charge is -2.08. The fraction of sp³-hybridized carbons (Fsp3) is 0.333. The van der Waals surface area contributed by atoms with Crippen molar-refractivity contribution < 1.29 is 0 Å². The smallest absolute Gasteiger partial charge is 0.251 e. The maximum atomic E-state index is 11.8. The van der Waals surface area contributed by atoms with Crippen LogP contribution in [-0.2, 0) is 6.54 Å². The van der Waals surface area contributed by atoms with E-state index in [2.05, 4.69) is 29.1 Å². The summed E-state index contributed by atoms with van der Waals surface area (Å²) in [6.45, 7) is 5.67. The van der Waals surface area contributed by atoms with Gasteiger partial charge in [-0.15, -0.1) is 0 Å². The third-order valence-electron chi connectivity index (χ3n) is 2.85. The zero-order valence-corrected chi connectivity index (χ0v) is 13.4. The first-order valence-corrected chi connectivity index (χ1v) is 7.47. The molecule has 6 heteroatoms. The van der Waals surface area contributed by atoms with Crippen LogP contribution >= 0.6 is 23.2 Å². The van der Waals surface area contributed by atoms with E-state index < -0.39 is 0 Å². The molecule has 21 heavy (non-hydrogen) atoms. The standard InChI is InChI=1S/C15H17Cl2N3O/c1-9(2)7-18-8-11-6-14(21)20-15(19-11)10-3-4-12(16)13(17)5-10/h3-6,9,18H,7-8H2,1-2H3,(H,19,20,21). The number of nitrogens with one attached hydrogen (secondary N) is 2. The van der Waals surface area contributed by atoms with Crippen molar-refractivity contribution in [2.24, 2.45) is 5.92 Å². The summed E-state index contributed by atoms with van der Waals surface area (Å²) >= 11 is 11.9. The van der Waals surface area contributed by atoms with E-state index in [1.807, 2.05) is 0 Å². The second-order valence-corrected chi connectivity index (χ2v) is 6.05. The van der Waals surface area contributed by atoms with Gasteiger partial charge in [-0.1, -0.05) is 37.0 Å². The zero-order valence-electron chi connectivity index (χ0n) is 11.9. The van der Waals surface area contributed by atoms with Crippen LogP contribution in [0.3, 0.4) is 0 Å². The molecule has 0 bridgehead atoms. The van der Waals surface area contributed by atoms with Crippen LogP contribution < -0.4 is 10.9 Å². The Bertz CT molecular complexity index is 683. The third-order valence-corrected chi connectivity index (χ3v) is 3.59. The molecular weight excluding hydrogens is 309 g/mol. The molecule has 2 N–H and O–H groups in total. The molecule has 0 spiro atoms. The maximum absolute atomic E-state index is 11.8. The summed E-state index contributed by atoms with van der Waals surface area (Å²) in [6, 6.07) is 6.64. The highest BCUT2D eigenvalue weighted by molar-refractivity contribution is 6.42. The number of halogens is 2. The number of aromatic nitrogens is 2. The number of benzene rings is 1. The normalized spacial score (nSPS) is 11.1. The van der Waals surface area contributed by atoms with Crippen molar-refractivity contribution in [2.75, 3.05) is 6.54 Å². The van der Waals surface area contributed by atoms with Gasteiger partial charge in [0, 0.05) is 18.2 Å². The van der Waals surface area contributed by atoms with Gasteiger partial charge in [-0.25, -0.2) is 4.98 Å². The molecule has 0 saturated carbocycles. The van der Waals surface area contributed by atoms with Gasteiger partial charge in [-0.3, -0.25) is 4.79 Å². The first-order chi connectivity index (χ1) is 9.95. The Labute approximate surface area is 133 Å². The molecular formula is C15H17Cl2N3O. The van der Waals surface area contributed by atoms with Crippen LogP contribution in [0.1, 0.15) is 19.5 Å². The van der Waals surface area contributed by atoms with Gasteiger partial charge >= 0.3 is 0 Å². The minimum Gasteiger partial charge on any atom is -0.311 e. The zero-order chi connectivity index (χ0) is 15.4. The lowest BCUT2D eigenvalue weighted by Crippen LogP contribution is -2.21. The Morgan fingerprint density at radius 1 is 1.24 bits per heavy atom.